The van der Waals surface area contributed by atoms with Crippen LogP contribution < -0.4 is 0 Å². The first-order chi connectivity index (χ1) is 16.0. The lowest BCUT2D eigenvalue weighted by atomic mass is 10.1. The number of aliphatic carboxylic acids is 2. The minimum atomic E-state index is -5.08. The zero-order valence-corrected chi connectivity index (χ0v) is 19.3. The second-order valence-electron chi connectivity index (χ2n) is 7.61. The number of hydrogen-bond acceptors (Lipinski definition) is 5. The molecule has 8 nitrogen and oxygen atoms in total. The highest BCUT2D eigenvalue weighted by molar-refractivity contribution is 6.30. The fraction of sp³-hybridized carbons (Fsp3) is 0.450. The molecule has 15 heteroatoms. The van der Waals surface area contributed by atoms with Crippen LogP contribution >= 0.6 is 11.6 Å². The number of aromatic nitrogens is 2. The van der Waals surface area contributed by atoms with Crippen LogP contribution in [0.25, 0.3) is 0 Å². The molecule has 2 heterocycles. The SMILES string of the molecule is CN(C)CC1CN(Cc2cccc(Cl)c2)Cc2cncn21.O=C(O)C(F)(F)F.O=C(O)C(F)(F)F. The lowest BCUT2D eigenvalue weighted by molar-refractivity contribution is -0.193. The number of nitrogens with zero attached hydrogens (tertiary/aromatic N) is 4. The second kappa shape index (κ2) is 12.7. The summed E-state index contributed by atoms with van der Waals surface area (Å²) in [5.74, 6) is -5.51. The van der Waals surface area contributed by atoms with E-state index in [0.717, 1.165) is 31.2 Å². The molecule has 196 valence electrons. The minimum Gasteiger partial charge on any atom is -0.475 e. The number of alkyl halides is 6. The van der Waals surface area contributed by atoms with Gasteiger partial charge in [0.1, 0.15) is 0 Å². The summed E-state index contributed by atoms with van der Waals surface area (Å²) < 4.78 is 65.8. The Hall–Kier alpha value is -2.84. The van der Waals surface area contributed by atoms with Crippen molar-refractivity contribution in [1.29, 1.82) is 0 Å². The van der Waals surface area contributed by atoms with Gasteiger partial charge in [0.05, 0.1) is 18.1 Å². The van der Waals surface area contributed by atoms with E-state index in [0.29, 0.717) is 6.04 Å². The molecule has 0 radical (unpaired) electrons. The number of likely N-dealkylation sites (N-methyl/N-ethyl adjacent to an activating group) is 1. The van der Waals surface area contributed by atoms with Crippen molar-refractivity contribution in [3.63, 3.8) is 0 Å². The highest BCUT2D eigenvalue weighted by Crippen LogP contribution is 2.23. The number of carbonyl (C=O) groups is 2. The Morgan fingerprint density at radius 1 is 1.11 bits per heavy atom. The van der Waals surface area contributed by atoms with Crippen LogP contribution in [0.15, 0.2) is 36.8 Å². The van der Waals surface area contributed by atoms with E-state index in [1.54, 1.807) is 0 Å². The van der Waals surface area contributed by atoms with Gasteiger partial charge in [-0.2, -0.15) is 26.3 Å². The quantitative estimate of drug-likeness (QED) is 0.576. The summed E-state index contributed by atoms with van der Waals surface area (Å²) in [6.45, 7) is 3.93. The average Bonchev–Trinajstić information content (AvgIpc) is 3.16. The van der Waals surface area contributed by atoms with Crippen molar-refractivity contribution in [3.05, 3.63) is 53.1 Å². The zero-order valence-electron chi connectivity index (χ0n) is 18.5. The number of fused-ring (bicyclic) bond motifs is 1. The van der Waals surface area contributed by atoms with Gasteiger partial charge in [0.25, 0.3) is 0 Å². The van der Waals surface area contributed by atoms with Crippen molar-refractivity contribution in [2.45, 2.75) is 31.5 Å². The number of rotatable bonds is 4. The van der Waals surface area contributed by atoms with Crippen LogP contribution in [0.4, 0.5) is 26.3 Å². The third kappa shape index (κ3) is 11.0. The first-order valence-electron chi connectivity index (χ1n) is 9.73. The van der Waals surface area contributed by atoms with Gasteiger partial charge in [-0.15, -0.1) is 0 Å². The van der Waals surface area contributed by atoms with Gasteiger partial charge in [-0.05, 0) is 31.8 Å². The molecule has 0 aliphatic carbocycles. The Labute approximate surface area is 201 Å². The predicted molar refractivity (Wildman–Crippen MR) is 113 cm³/mol. The fourth-order valence-corrected chi connectivity index (χ4v) is 3.26. The number of carboxylic acid groups (broad SMARTS) is 2. The third-order valence-corrected chi connectivity index (χ3v) is 4.59. The lowest BCUT2D eigenvalue weighted by Gasteiger charge is -2.35. The second-order valence-corrected chi connectivity index (χ2v) is 8.05. The van der Waals surface area contributed by atoms with Gasteiger partial charge in [0.2, 0.25) is 0 Å². The molecule has 0 fully saturated rings. The third-order valence-electron chi connectivity index (χ3n) is 4.35. The molecule has 0 bridgehead atoms. The van der Waals surface area contributed by atoms with Crippen LogP contribution in [0.5, 0.6) is 0 Å². The Morgan fingerprint density at radius 3 is 2.11 bits per heavy atom. The monoisotopic (exact) mass is 532 g/mol. The maximum absolute atomic E-state index is 10.6. The van der Waals surface area contributed by atoms with Gasteiger partial charge in [0, 0.05) is 37.4 Å². The van der Waals surface area contributed by atoms with E-state index in [9.17, 15) is 26.3 Å². The molecule has 35 heavy (non-hydrogen) atoms. The van der Waals surface area contributed by atoms with Crippen LogP contribution in [0.1, 0.15) is 17.3 Å². The molecule has 0 amide bonds. The molecular weight excluding hydrogens is 510 g/mol. The van der Waals surface area contributed by atoms with Crippen molar-refractivity contribution >= 4 is 23.5 Å². The summed E-state index contributed by atoms with van der Waals surface area (Å²) in [4.78, 5) is 26.8. The first-order valence-corrected chi connectivity index (χ1v) is 10.1. The van der Waals surface area contributed by atoms with E-state index in [1.165, 1.54) is 11.3 Å². The number of imidazole rings is 1. The van der Waals surface area contributed by atoms with E-state index < -0.39 is 24.3 Å². The molecule has 0 saturated heterocycles. The van der Waals surface area contributed by atoms with Crippen molar-refractivity contribution in [2.24, 2.45) is 0 Å². The van der Waals surface area contributed by atoms with Crippen LogP contribution in [0, 0.1) is 0 Å². The number of carboxylic acids is 2. The molecule has 2 aromatic rings. The highest BCUT2D eigenvalue weighted by Gasteiger charge is 2.38. The molecule has 1 aliphatic rings. The Balaban J connectivity index is 0.000000362. The Morgan fingerprint density at radius 2 is 1.66 bits per heavy atom. The molecule has 1 aromatic carbocycles. The Kier molecular flexibility index (Phi) is 11.0. The molecule has 0 spiro atoms. The molecule has 3 rings (SSSR count). The van der Waals surface area contributed by atoms with Crippen LogP contribution in [-0.2, 0) is 22.7 Å². The molecule has 1 atom stereocenters. The molecule has 2 N–H and O–H groups in total. The predicted octanol–water partition coefficient (Wildman–Crippen LogP) is 3.92. The van der Waals surface area contributed by atoms with E-state index in [1.807, 2.05) is 24.7 Å². The molecule has 1 aliphatic heterocycles. The summed E-state index contributed by atoms with van der Waals surface area (Å²) in [6.07, 6.45) is -6.23. The Bertz CT molecular complexity index is 957. The number of hydrogen-bond donors (Lipinski definition) is 2. The van der Waals surface area contributed by atoms with Gasteiger partial charge in [-0.3, -0.25) is 4.90 Å². The zero-order chi connectivity index (χ0) is 27.0. The first kappa shape index (κ1) is 30.2. The lowest BCUT2D eigenvalue weighted by Crippen LogP contribution is -2.40. The largest absolute Gasteiger partial charge is 0.490 e. The standard InChI is InChI=1S/C16H21ClN4.2C2HF3O2/c1-19(2)9-16-11-20(10-15-7-18-12-21(15)16)8-13-4-3-5-14(17)6-13;2*3-2(4,5)1(6)7/h3-7,12,16H,8-11H2,1-2H3;2*(H,6,7). The maximum atomic E-state index is 10.6. The fourth-order valence-electron chi connectivity index (χ4n) is 3.04. The van der Waals surface area contributed by atoms with Gasteiger partial charge >= 0.3 is 24.3 Å². The van der Waals surface area contributed by atoms with E-state index >= 15 is 0 Å². The summed E-state index contributed by atoms with van der Waals surface area (Å²) in [5, 5.41) is 15.1. The normalized spacial score (nSPS) is 15.9. The average molecular weight is 533 g/mol. The molecule has 1 aromatic heterocycles. The van der Waals surface area contributed by atoms with E-state index in [-0.39, 0.29) is 0 Å². The van der Waals surface area contributed by atoms with Gasteiger partial charge in [-0.25, -0.2) is 14.6 Å². The molecule has 1 unspecified atom stereocenters. The summed E-state index contributed by atoms with van der Waals surface area (Å²) in [6, 6.07) is 8.58. The smallest absolute Gasteiger partial charge is 0.475 e. The van der Waals surface area contributed by atoms with Gasteiger partial charge in [0.15, 0.2) is 0 Å². The minimum absolute atomic E-state index is 0.449. The topological polar surface area (TPSA) is 98.9 Å². The van der Waals surface area contributed by atoms with E-state index in [4.69, 9.17) is 31.4 Å². The molecular formula is C20H23ClF6N4O4. The van der Waals surface area contributed by atoms with Crippen molar-refractivity contribution in [2.75, 3.05) is 27.2 Å². The highest BCUT2D eigenvalue weighted by atomic mass is 35.5. The molecule has 0 saturated carbocycles. The summed E-state index contributed by atoms with van der Waals surface area (Å²) >= 11 is 6.08. The van der Waals surface area contributed by atoms with Crippen LogP contribution in [-0.4, -0.2) is 81.0 Å². The van der Waals surface area contributed by atoms with Crippen LogP contribution in [0.2, 0.25) is 5.02 Å². The van der Waals surface area contributed by atoms with Gasteiger partial charge in [-0.1, -0.05) is 23.7 Å². The number of halogens is 7. The maximum Gasteiger partial charge on any atom is 0.490 e. The van der Waals surface area contributed by atoms with Crippen LogP contribution in [0.3, 0.4) is 0 Å². The van der Waals surface area contributed by atoms with Gasteiger partial charge < -0.3 is 19.7 Å². The van der Waals surface area contributed by atoms with Crippen molar-refractivity contribution in [1.82, 2.24) is 19.4 Å². The number of benzene rings is 1. The summed E-state index contributed by atoms with van der Waals surface area (Å²) in [7, 11) is 4.24. The summed E-state index contributed by atoms with van der Waals surface area (Å²) in [5.41, 5.74) is 2.55. The van der Waals surface area contributed by atoms with E-state index in [2.05, 4.69) is 45.6 Å². The van der Waals surface area contributed by atoms with Crippen molar-refractivity contribution in [3.8, 4) is 0 Å². The van der Waals surface area contributed by atoms with Crippen molar-refractivity contribution < 1.29 is 46.1 Å².